The first-order valence-corrected chi connectivity index (χ1v) is 24.0. The fourth-order valence-corrected chi connectivity index (χ4v) is 8.06. The van der Waals surface area contributed by atoms with Crippen LogP contribution < -0.4 is 5.73 Å². The van der Waals surface area contributed by atoms with Crippen molar-refractivity contribution < 1.29 is 67.4 Å². The zero-order valence-electron chi connectivity index (χ0n) is 36.2. The summed E-state index contributed by atoms with van der Waals surface area (Å²) in [5, 5.41) is 18.2. The van der Waals surface area contributed by atoms with E-state index in [9.17, 15) is 29.1 Å². The Morgan fingerprint density at radius 3 is 1.98 bits per heavy atom. The number of fused-ring (bicyclic) bond motifs is 2. The number of aliphatic carboxylic acids is 1. The molecule has 16 heteroatoms. The molecule has 5 N–H and O–H groups in total. The number of phosphoric acid groups is 1. The summed E-state index contributed by atoms with van der Waals surface area (Å²) in [6.45, 7) is 2.45. The Morgan fingerprint density at radius 2 is 1.37 bits per heavy atom. The van der Waals surface area contributed by atoms with Crippen LogP contribution in [0.15, 0.2) is 36.5 Å². The molecule has 8 unspecified atom stereocenters. The Hall–Kier alpha value is -2.46. The molecular weight excluding hydrogens is 797 g/mol. The van der Waals surface area contributed by atoms with E-state index in [1.54, 1.807) is 0 Å². The Morgan fingerprint density at radius 1 is 0.767 bits per heavy atom. The molecule has 1 saturated heterocycles. The van der Waals surface area contributed by atoms with Crippen molar-refractivity contribution in [2.24, 2.45) is 17.6 Å². The predicted molar refractivity (Wildman–Crippen MR) is 227 cm³/mol. The van der Waals surface area contributed by atoms with E-state index in [2.05, 4.69) is 22.4 Å². The van der Waals surface area contributed by atoms with E-state index in [-0.39, 0.29) is 36.9 Å². The standard InChI is InChI=1S/C44H76NO14P/c1-3-5-7-8-9-10-11-12-13-14-15-16-17-18-23-27-42(46)53-32-36(33-54-60(51,52)55-34-39(45)44(48)49)56-43(47)28-24-20-19-22-26-37-38(41-31-40(37)58-59-41)30-29-35(57-50)25-21-6-4-2/h6,19,21-22,29-30,35-41,50H,3-5,7-18,20,23-28,31-34,45H2,1-2H3,(H,48,49)(H,51,52)/b21-6-,22-19-,30-29+. The molecule has 1 heterocycles. The Balaban J connectivity index is 1.74. The third-order valence-electron chi connectivity index (χ3n) is 10.8. The van der Waals surface area contributed by atoms with Crippen molar-refractivity contribution in [2.45, 2.75) is 192 Å². The summed E-state index contributed by atoms with van der Waals surface area (Å²) in [7, 11) is -4.77. The molecule has 1 aliphatic carbocycles. The van der Waals surface area contributed by atoms with Gasteiger partial charge in [-0.3, -0.25) is 28.7 Å². The quantitative estimate of drug-likeness (QED) is 0.0113. The van der Waals surface area contributed by atoms with Crippen LogP contribution in [-0.4, -0.2) is 83.4 Å². The van der Waals surface area contributed by atoms with Crippen LogP contribution in [0, 0.1) is 11.8 Å². The summed E-state index contributed by atoms with van der Waals surface area (Å²) in [5.41, 5.74) is 5.34. The summed E-state index contributed by atoms with van der Waals surface area (Å²) in [5.74, 6) is -2.25. The molecule has 2 aliphatic rings. The van der Waals surface area contributed by atoms with Gasteiger partial charge in [0.05, 0.1) is 19.3 Å². The molecule has 2 bridgehead atoms. The van der Waals surface area contributed by atoms with Crippen LogP contribution in [0.4, 0.5) is 0 Å². The SMILES string of the molecule is CC/C=C\CC(/C=C/C1C2CC(OO2)C1C/C=C\CCCC(=O)OC(COC(=O)CCCCCCCCCCCCCCCCC)COP(=O)(O)OCC(N)C(=O)O)OO. The van der Waals surface area contributed by atoms with Crippen LogP contribution in [-0.2, 0) is 52.1 Å². The van der Waals surface area contributed by atoms with Crippen LogP contribution in [0.3, 0.4) is 0 Å². The zero-order chi connectivity index (χ0) is 43.9. The van der Waals surface area contributed by atoms with Crippen molar-refractivity contribution in [3.05, 3.63) is 36.5 Å². The summed E-state index contributed by atoms with van der Waals surface area (Å²) in [6, 6.07) is -1.55. The van der Waals surface area contributed by atoms with E-state index in [1.807, 2.05) is 37.3 Å². The number of allylic oxidation sites excluding steroid dienone is 3. The predicted octanol–water partition coefficient (Wildman–Crippen LogP) is 9.47. The molecule has 1 aliphatic heterocycles. The number of unbranched alkanes of at least 4 members (excludes halogenated alkanes) is 15. The molecule has 0 aromatic carbocycles. The Labute approximate surface area is 358 Å². The lowest BCUT2D eigenvalue weighted by Gasteiger charge is -2.27. The highest BCUT2D eigenvalue weighted by molar-refractivity contribution is 7.47. The second-order valence-electron chi connectivity index (χ2n) is 16.0. The number of carboxylic acids is 1. The van der Waals surface area contributed by atoms with Gasteiger partial charge in [-0.25, -0.2) is 19.2 Å². The number of phosphoric ester groups is 1. The van der Waals surface area contributed by atoms with Gasteiger partial charge in [0, 0.05) is 31.1 Å². The minimum atomic E-state index is -4.77. The van der Waals surface area contributed by atoms with Gasteiger partial charge in [0.1, 0.15) is 24.9 Å². The average Bonchev–Trinajstić information content (AvgIpc) is 3.84. The highest BCUT2D eigenvalue weighted by Gasteiger charge is 2.49. The van der Waals surface area contributed by atoms with Gasteiger partial charge < -0.3 is 25.2 Å². The number of esters is 2. The molecule has 1 saturated carbocycles. The molecule has 8 atom stereocenters. The maximum absolute atomic E-state index is 12.8. The molecule has 0 aromatic heterocycles. The van der Waals surface area contributed by atoms with Gasteiger partial charge in [-0.05, 0) is 38.5 Å². The third kappa shape index (κ3) is 24.8. The lowest BCUT2D eigenvalue weighted by atomic mass is 9.89. The number of ether oxygens (including phenoxy) is 2. The van der Waals surface area contributed by atoms with Crippen molar-refractivity contribution in [2.75, 3.05) is 19.8 Å². The van der Waals surface area contributed by atoms with Gasteiger partial charge in [0.25, 0.3) is 0 Å². The topological polar surface area (TPSA) is 220 Å². The number of hydrogen-bond donors (Lipinski definition) is 4. The van der Waals surface area contributed by atoms with Gasteiger partial charge in [-0.2, -0.15) is 0 Å². The molecule has 0 spiro atoms. The summed E-state index contributed by atoms with van der Waals surface area (Å²) in [6.07, 6.45) is 32.5. The van der Waals surface area contributed by atoms with Crippen molar-refractivity contribution in [1.82, 2.24) is 0 Å². The minimum Gasteiger partial charge on any atom is -0.480 e. The van der Waals surface area contributed by atoms with Crippen LogP contribution in [0.2, 0.25) is 0 Å². The monoisotopic (exact) mass is 874 g/mol. The Kier molecular flexibility index (Phi) is 29.7. The second kappa shape index (κ2) is 33.1. The van der Waals surface area contributed by atoms with Gasteiger partial charge in [0.15, 0.2) is 6.10 Å². The summed E-state index contributed by atoms with van der Waals surface area (Å²) >= 11 is 0. The lowest BCUT2D eigenvalue weighted by molar-refractivity contribution is -0.336. The zero-order valence-corrected chi connectivity index (χ0v) is 37.1. The Bertz CT molecular complexity index is 1310. The van der Waals surface area contributed by atoms with Crippen LogP contribution in [0.1, 0.15) is 162 Å². The molecule has 346 valence electrons. The van der Waals surface area contributed by atoms with E-state index in [0.29, 0.717) is 25.7 Å². The molecule has 0 amide bonds. The van der Waals surface area contributed by atoms with Crippen molar-refractivity contribution in [3.63, 3.8) is 0 Å². The number of hydrogen-bond acceptors (Lipinski definition) is 13. The molecule has 15 nitrogen and oxygen atoms in total. The maximum Gasteiger partial charge on any atom is 0.472 e. The first-order chi connectivity index (χ1) is 29.0. The average molecular weight is 874 g/mol. The van der Waals surface area contributed by atoms with E-state index < -0.39 is 63.8 Å². The highest BCUT2D eigenvalue weighted by atomic mass is 31.2. The van der Waals surface area contributed by atoms with Crippen LogP contribution in [0.5, 0.6) is 0 Å². The maximum atomic E-state index is 12.8. The highest BCUT2D eigenvalue weighted by Crippen LogP contribution is 2.45. The normalized spacial score (nSPS) is 21.5. The van der Waals surface area contributed by atoms with Crippen molar-refractivity contribution in [1.29, 1.82) is 0 Å². The second-order valence-corrected chi connectivity index (χ2v) is 17.4. The van der Waals surface area contributed by atoms with Crippen molar-refractivity contribution >= 4 is 25.7 Å². The molecule has 60 heavy (non-hydrogen) atoms. The van der Waals surface area contributed by atoms with Gasteiger partial charge in [-0.15, -0.1) is 0 Å². The molecule has 0 aromatic rings. The summed E-state index contributed by atoms with van der Waals surface area (Å²) < 4.78 is 32.8. The molecule has 2 fully saturated rings. The number of carboxylic acid groups (broad SMARTS) is 1. The van der Waals surface area contributed by atoms with Crippen molar-refractivity contribution in [3.8, 4) is 0 Å². The minimum absolute atomic E-state index is 0.0279. The largest absolute Gasteiger partial charge is 0.480 e. The molecule has 2 rings (SSSR count). The fourth-order valence-electron chi connectivity index (χ4n) is 7.28. The summed E-state index contributed by atoms with van der Waals surface area (Å²) in [4.78, 5) is 61.9. The third-order valence-corrected chi connectivity index (χ3v) is 11.8. The van der Waals surface area contributed by atoms with Gasteiger partial charge in [-0.1, -0.05) is 140 Å². The first-order valence-electron chi connectivity index (χ1n) is 22.6. The van der Waals surface area contributed by atoms with E-state index >= 15 is 0 Å². The van der Waals surface area contributed by atoms with Crippen LogP contribution >= 0.6 is 7.82 Å². The molecule has 0 radical (unpaired) electrons. The van der Waals surface area contributed by atoms with E-state index in [4.69, 9.17) is 34.6 Å². The number of carbonyl (C=O) groups is 3. The van der Waals surface area contributed by atoms with Crippen LogP contribution in [0.25, 0.3) is 0 Å². The number of nitrogens with two attached hydrogens (primary N) is 1. The number of carbonyl (C=O) groups excluding carboxylic acids is 2. The molecular formula is C44H76NO14P. The lowest BCUT2D eigenvalue weighted by Crippen LogP contribution is -2.34. The smallest absolute Gasteiger partial charge is 0.472 e. The first kappa shape index (κ1) is 53.7. The van der Waals surface area contributed by atoms with E-state index in [1.165, 1.54) is 70.6 Å². The number of rotatable bonds is 38. The fraction of sp³-hybridized carbons (Fsp3) is 0.795. The van der Waals surface area contributed by atoms with Gasteiger partial charge in [0.2, 0.25) is 0 Å². The van der Waals surface area contributed by atoms with Gasteiger partial charge >= 0.3 is 25.7 Å². The van der Waals surface area contributed by atoms with E-state index in [0.717, 1.165) is 38.5 Å².